The van der Waals surface area contributed by atoms with Crippen molar-refractivity contribution in [3.63, 3.8) is 0 Å². The van der Waals surface area contributed by atoms with Gasteiger partial charge in [0, 0.05) is 21.0 Å². The predicted molar refractivity (Wildman–Crippen MR) is 55.2 cm³/mol. The lowest BCUT2D eigenvalue weighted by atomic mass is 10.1. The van der Waals surface area contributed by atoms with E-state index in [1.54, 1.807) is 7.05 Å². The van der Waals surface area contributed by atoms with Gasteiger partial charge in [0.05, 0.1) is 11.3 Å². The van der Waals surface area contributed by atoms with Crippen molar-refractivity contribution in [1.82, 2.24) is 4.57 Å². The van der Waals surface area contributed by atoms with Crippen LogP contribution in [0.15, 0.2) is 10.9 Å². The minimum atomic E-state index is -3.19. The van der Waals surface area contributed by atoms with Crippen LogP contribution in [0.1, 0.15) is 12.5 Å². The van der Waals surface area contributed by atoms with Gasteiger partial charge in [-0.1, -0.05) is 0 Å². The standard InChI is InChI=1S/C9H13F2N3O/c1-9(10,11)5-4-6(12)7(13-2)14(3)8(5)15/h4,13H,12H2,1-3H3. The van der Waals surface area contributed by atoms with Crippen molar-refractivity contribution in [3.05, 3.63) is 22.0 Å². The second-order valence-corrected chi connectivity index (χ2v) is 3.36. The molecule has 0 unspecified atom stereocenters. The highest BCUT2D eigenvalue weighted by Crippen LogP contribution is 2.27. The second kappa shape index (κ2) is 3.52. The topological polar surface area (TPSA) is 60.0 Å². The molecule has 0 saturated carbocycles. The number of nitrogens with one attached hydrogen (secondary N) is 1. The number of pyridine rings is 1. The third-order valence-corrected chi connectivity index (χ3v) is 2.15. The number of hydrogen-bond acceptors (Lipinski definition) is 3. The summed E-state index contributed by atoms with van der Waals surface area (Å²) in [6.45, 7) is 0.669. The third kappa shape index (κ3) is 1.93. The predicted octanol–water partition coefficient (Wildman–Crippen LogP) is 1.12. The van der Waals surface area contributed by atoms with Crippen LogP contribution in [0, 0.1) is 0 Å². The van der Waals surface area contributed by atoms with Crippen molar-refractivity contribution < 1.29 is 8.78 Å². The minimum Gasteiger partial charge on any atom is -0.396 e. The van der Waals surface area contributed by atoms with Gasteiger partial charge in [0.1, 0.15) is 5.82 Å². The van der Waals surface area contributed by atoms with Crippen LogP contribution in [0.25, 0.3) is 0 Å². The largest absolute Gasteiger partial charge is 0.396 e. The lowest BCUT2D eigenvalue weighted by Crippen LogP contribution is -2.29. The van der Waals surface area contributed by atoms with Crippen molar-refractivity contribution in [2.24, 2.45) is 7.05 Å². The number of nitrogens with zero attached hydrogens (tertiary/aromatic N) is 1. The third-order valence-electron chi connectivity index (χ3n) is 2.15. The molecule has 0 aliphatic heterocycles. The Balaban J connectivity index is 3.56. The number of nitrogens with two attached hydrogens (primary N) is 1. The molecule has 0 spiro atoms. The van der Waals surface area contributed by atoms with E-state index in [0.29, 0.717) is 12.7 Å². The normalized spacial score (nSPS) is 11.5. The molecular formula is C9H13F2N3O. The molecule has 15 heavy (non-hydrogen) atoms. The molecule has 0 bridgehead atoms. The zero-order valence-corrected chi connectivity index (χ0v) is 8.77. The van der Waals surface area contributed by atoms with Gasteiger partial charge < -0.3 is 11.1 Å². The summed E-state index contributed by atoms with van der Waals surface area (Å²) in [5, 5.41) is 2.68. The highest BCUT2D eigenvalue weighted by molar-refractivity contribution is 5.62. The van der Waals surface area contributed by atoms with Crippen LogP contribution >= 0.6 is 0 Å². The van der Waals surface area contributed by atoms with E-state index in [2.05, 4.69) is 5.32 Å². The average Bonchev–Trinajstić information content (AvgIpc) is 2.10. The first kappa shape index (κ1) is 11.5. The van der Waals surface area contributed by atoms with Gasteiger partial charge in [0.25, 0.3) is 11.5 Å². The van der Waals surface area contributed by atoms with Gasteiger partial charge in [-0.25, -0.2) is 8.78 Å². The molecule has 1 rings (SSSR count). The smallest absolute Gasteiger partial charge is 0.275 e. The lowest BCUT2D eigenvalue weighted by Gasteiger charge is -2.16. The van der Waals surface area contributed by atoms with E-state index in [1.165, 1.54) is 7.05 Å². The molecule has 0 atom stereocenters. The molecule has 0 amide bonds. The van der Waals surface area contributed by atoms with Crippen LogP contribution in [0.4, 0.5) is 20.3 Å². The Morgan fingerprint density at radius 3 is 2.47 bits per heavy atom. The molecule has 1 aromatic rings. The highest BCUT2D eigenvalue weighted by Gasteiger charge is 2.29. The summed E-state index contributed by atoms with van der Waals surface area (Å²) in [5.41, 5.74) is 4.32. The number of anilines is 2. The van der Waals surface area contributed by atoms with E-state index < -0.39 is 17.0 Å². The van der Waals surface area contributed by atoms with Crippen molar-refractivity contribution in [3.8, 4) is 0 Å². The summed E-state index contributed by atoms with van der Waals surface area (Å²) in [6.07, 6.45) is 0. The fourth-order valence-corrected chi connectivity index (χ4v) is 1.39. The van der Waals surface area contributed by atoms with Crippen molar-refractivity contribution in [2.75, 3.05) is 18.1 Å². The summed E-state index contributed by atoms with van der Waals surface area (Å²) < 4.78 is 27.1. The van der Waals surface area contributed by atoms with Gasteiger partial charge in [-0.05, 0) is 6.07 Å². The number of hydrogen-bond donors (Lipinski definition) is 2. The quantitative estimate of drug-likeness (QED) is 0.780. The fourth-order valence-electron chi connectivity index (χ4n) is 1.39. The van der Waals surface area contributed by atoms with E-state index in [0.717, 1.165) is 10.6 Å². The van der Waals surface area contributed by atoms with Crippen LogP contribution in [0.5, 0.6) is 0 Å². The van der Waals surface area contributed by atoms with Crippen molar-refractivity contribution >= 4 is 11.5 Å². The Morgan fingerprint density at radius 2 is 2.07 bits per heavy atom. The maximum absolute atomic E-state index is 13.0. The molecule has 84 valence electrons. The molecule has 0 fully saturated rings. The SMILES string of the molecule is CNc1c(N)cc(C(C)(F)F)c(=O)n1C. The summed E-state index contributed by atoms with van der Waals surface area (Å²) >= 11 is 0. The van der Waals surface area contributed by atoms with Crippen LogP contribution < -0.4 is 16.6 Å². The van der Waals surface area contributed by atoms with E-state index in [-0.39, 0.29) is 5.69 Å². The number of aromatic nitrogens is 1. The summed E-state index contributed by atoms with van der Waals surface area (Å²) in [7, 11) is 2.95. The molecule has 0 radical (unpaired) electrons. The van der Waals surface area contributed by atoms with E-state index in [4.69, 9.17) is 5.73 Å². The highest BCUT2D eigenvalue weighted by atomic mass is 19.3. The van der Waals surface area contributed by atoms with E-state index >= 15 is 0 Å². The zero-order valence-electron chi connectivity index (χ0n) is 8.77. The number of nitrogen functional groups attached to an aromatic ring is 1. The van der Waals surface area contributed by atoms with Gasteiger partial charge in [0.2, 0.25) is 0 Å². The van der Waals surface area contributed by atoms with Gasteiger partial charge in [0.15, 0.2) is 0 Å². The van der Waals surface area contributed by atoms with E-state index in [9.17, 15) is 13.6 Å². The Labute approximate surface area is 85.7 Å². The van der Waals surface area contributed by atoms with Crippen LogP contribution in [0.2, 0.25) is 0 Å². The first-order chi connectivity index (χ1) is 6.79. The number of alkyl halides is 2. The number of rotatable bonds is 2. The van der Waals surface area contributed by atoms with Crippen molar-refractivity contribution in [1.29, 1.82) is 0 Å². The van der Waals surface area contributed by atoms with Gasteiger partial charge in [-0.2, -0.15) is 0 Å². The second-order valence-electron chi connectivity index (χ2n) is 3.36. The molecular weight excluding hydrogens is 204 g/mol. The molecule has 0 aromatic carbocycles. The Hall–Kier alpha value is -1.59. The Morgan fingerprint density at radius 1 is 1.53 bits per heavy atom. The summed E-state index contributed by atoms with van der Waals surface area (Å²) in [6, 6.07) is 1.01. The molecule has 1 heterocycles. The van der Waals surface area contributed by atoms with Crippen LogP contribution in [-0.4, -0.2) is 11.6 Å². The lowest BCUT2D eigenvalue weighted by molar-refractivity contribution is 0.0157. The molecule has 1 aromatic heterocycles. The molecule has 3 N–H and O–H groups in total. The van der Waals surface area contributed by atoms with Gasteiger partial charge in [-0.15, -0.1) is 0 Å². The fraction of sp³-hybridized carbons (Fsp3) is 0.444. The molecule has 0 aliphatic rings. The van der Waals surface area contributed by atoms with Crippen molar-refractivity contribution in [2.45, 2.75) is 12.8 Å². The van der Waals surface area contributed by atoms with Crippen LogP contribution in [0.3, 0.4) is 0 Å². The minimum absolute atomic E-state index is 0.121. The maximum Gasteiger partial charge on any atom is 0.275 e. The van der Waals surface area contributed by atoms with Gasteiger partial charge >= 0.3 is 0 Å². The van der Waals surface area contributed by atoms with Gasteiger partial charge in [-0.3, -0.25) is 9.36 Å². The average molecular weight is 217 g/mol. The first-order valence-electron chi connectivity index (χ1n) is 4.34. The van der Waals surface area contributed by atoms with E-state index in [1.807, 2.05) is 0 Å². The first-order valence-corrected chi connectivity index (χ1v) is 4.34. The van der Waals surface area contributed by atoms with Crippen LogP contribution in [-0.2, 0) is 13.0 Å². The Bertz CT molecular complexity index is 434. The maximum atomic E-state index is 13.0. The molecule has 0 aliphatic carbocycles. The summed E-state index contributed by atoms with van der Waals surface area (Å²) in [5.74, 6) is -2.86. The zero-order chi connectivity index (χ0) is 11.8. The number of halogens is 2. The Kier molecular flexibility index (Phi) is 2.70. The summed E-state index contributed by atoms with van der Waals surface area (Å²) in [4.78, 5) is 11.5. The monoisotopic (exact) mass is 217 g/mol. The molecule has 4 nitrogen and oxygen atoms in total. The molecule has 6 heteroatoms. The molecule has 0 saturated heterocycles.